The average molecular weight is 529 g/mol. The van der Waals surface area contributed by atoms with Gasteiger partial charge in [-0.05, 0) is 70.8 Å². The maximum absolute atomic E-state index is 6.24. The smallest absolute Gasteiger partial charge is 0.136 e. The molecule has 0 aliphatic heterocycles. The summed E-state index contributed by atoms with van der Waals surface area (Å²) in [7, 11) is 4.09. The van der Waals surface area contributed by atoms with E-state index in [4.69, 9.17) is 16.0 Å². The highest BCUT2D eigenvalue weighted by Gasteiger charge is 2.11. The quantitative estimate of drug-likeness (QED) is 0.211. The number of halogens is 2. The van der Waals surface area contributed by atoms with Gasteiger partial charge in [0, 0.05) is 40.2 Å². The van der Waals surface area contributed by atoms with Crippen LogP contribution in [0.1, 0.15) is 11.1 Å². The molecule has 0 aliphatic carbocycles. The van der Waals surface area contributed by atoms with Gasteiger partial charge >= 0.3 is 0 Å². The highest BCUT2D eigenvalue weighted by atomic mass is 79.9. The highest BCUT2D eigenvalue weighted by molar-refractivity contribution is 9.10. The van der Waals surface area contributed by atoms with Crippen molar-refractivity contribution < 1.29 is 4.42 Å². The van der Waals surface area contributed by atoms with E-state index in [9.17, 15) is 0 Å². The van der Waals surface area contributed by atoms with Crippen LogP contribution in [-0.4, -0.2) is 14.1 Å². The van der Waals surface area contributed by atoms with E-state index in [1.165, 1.54) is 11.3 Å². The molecule has 5 aromatic rings. The van der Waals surface area contributed by atoms with Gasteiger partial charge in [0.25, 0.3) is 0 Å². The summed E-state index contributed by atoms with van der Waals surface area (Å²) in [5, 5.41) is 1.81. The number of furan rings is 1. The number of fused-ring (bicyclic) bond motifs is 1. The molecule has 0 amide bonds. The molecule has 0 fully saturated rings. The number of hydrogen-bond acceptors (Lipinski definition) is 2. The number of rotatable bonds is 5. The van der Waals surface area contributed by atoms with Crippen LogP contribution in [0.5, 0.6) is 0 Å². The summed E-state index contributed by atoms with van der Waals surface area (Å²) in [5.41, 5.74) is 7.57. The van der Waals surface area contributed by atoms with Crippen molar-refractivity contribution in [2.45, 2.75) is 0 Å². The predicted octanol–water partition coefficient (Wildman–Crippen LogP) is 9.42. The summed E-state index contributed by atoms with van der Waals surface area (Å²) >= 11 is 9.77. The van der Waals surface area contributed by atoms with Crippen LogP contribution in [0.2, 0.25) is 5.02 Å². The first-order chi connectivity index (χ1) is 16.5. The molecule has 1 aromatic heterocycles. The summed E-state index contributed by atoms with van der Waals surface area (Å²) in [6, 6.07) is 31.0. The van der Waals surface area contributed by atoms with Gasteiger partial charge in [-0.3, -0.25) is 0 Å². The van der Waals surface area contributed by atoms with E-state index in [2.05, 4.69) is 99.7 Å². The molecule has 34 heavy (non-hydrogen) atoms. The molecule has 2 nitrogen and oxygen atoms in total. The number of benzene rings is 4. The van der Waals surface area contributed by atoms with Crippen molar-refractivity contribution in [2.24, 2.45) is 0 Å². The molecule has 4 heteroatoms. The van der Waals surface area contributed by atoms with Crippen molar-refractivity contribution in [1.82, 2.24) is 0 Å². The summed E-state index contributed by atoms with van der Waals surface area (Å²) in [6.07, 6.45) is 4.25. The van der Waals surface area contributed by atoms with E-state index in [0.717, 1.165) is 48.5 Å². The average Bonchev–Trinajstić information content (AvgIpc) is 3.26. The molecule has 0 N–H and O–H groups in total. The van der Waals surface area contributed by atoms with Gasteiger partial charge in [-0.15, -0.1) is 0 Å². The Morgan fingerprint density at radius 2 is 1.41 bits per heavy atom. The molecular formula is C30H23BrClNO. The van der Waals surface area contributed by atoms with E-state index >= 15 is 0 Å². The summed E-state index contributed by atoms with van der Waals surface area (Å²) in [5.74, 6) is 0.838. The molecule has 0 atom stereocenters. The first-order valence-corrected chi connectivity index (χ1v) is 12.2. The molecule has 0 radical (unpaired) electrons. The zero-order valence-electron chi connectivity index (χ0n) is 18.9. The molecule has 0 spiro atoms. The monoisotopic (exact) mass is 527 g/mol. The minimum Gasteiger partial charge on any atom is -0.456 e. The molecule has 0 saturated heterocycles. The number of anilines is 1. The molecule has 168 valence electrons. The van der Waals surface area contributed by atoms with Gasteiger partial charge < -0.3 is 9.32 Å². The van der Waals surface area contributed by atoms with Gasteiger partial charge in [0.05, 0.1) is 0 Å². The van der Waals surface area contributed by atoms with Crippen LogP contribution >= 0.6 is 27.5 Å². The third-order valence-electron chi connectivity index (χ3n) is 5.83. The Kier molecular flexibility index (Phi) is 6.32. The van der Waals surface area contributed by atoms with Crippen molar-refractivity contribution in [1.29, 1.82) is 0 Å². The molecular weight excluding hydrogens is 506 g/mol. The Morgan fingerprint density at radius 1 is 0.735 bits per heavy atom. The van der Waals surface area contributed by atoms with Gasteiger partial charge in [0.1, 0.15) is 11.3 Å². The second kappa shape index (κ2) is 9.54. The lowest BCUT2D eigenvalue weighted by Gasteiger charge is -2.11. The Morgan fingerprint density at radius 3 is 2.12 bits per heavy atom. The minimum atomic E-state index is 0.732. The molecule has 0 aliphatic rings. The number of nitrogens with zero attached hydrogens (tertiary/aromatic N) is 1. The zero-order valence-corrected chi connectivity index (χ0v) is 21.3. The summed E-state index contributed by atoms with van der Waals surface area (Å²) < 4.78 is 7.24. The van der Waals surface area contributed by atoms with Gasteiger partial charge in [-0.2, -0.15) is 0 Å². The SMILES string of the molecule is CN(C)c1ccc(C=Cc2ccc(-c3cc4ccc(-c5ccc(Cl)cc5)cc4o3)c(Br)c2)cc1. The van der Waals surface area contributed by atoms with Crippen LogP contribution in [0, 0.1) is 0 Å². The van der Waals surface area contributed by atoms with Gasteiger partial charge in [0.2, 0.25) is 0 Å². The highest BCUT2D eigenvalue weighted by Crippen LogP contribution is 2.35. The second-order valence-electron chi connectivity index (χ2n) is 8.43. The maximum atomic E-state index is 6.24. The molecule has 0 unspecified atom stereocenters. The van der Waals surface area contributed by atoms with Crippen molar-refractivity contribution in [3.05, 3.63) is 112 Å². The first-order valence-electron chi connectivity index (χ1n) is 11.0. The van der Waals surface area contributed by atoms with E-state index in [0.29, 0.717) is 0 Å². The van der Waals surface area contributed by atoms with Crippen molar-refractivity contribution in [3.8, 4) is 22.5 Å². The fourth-order valence-corrected chi connectivity index (χ4v) is 4.61. The van der Waals surface area contributed by atoms with Crippen LogP contribution in [0.15, 0.2) is 99.9 Å². The number of hydrogen-bond donors (Lipinski definition) is 0. The topological polar surface area (TPSA) is 16.4 Å². The molecule has 5 rings (SSSR count). The molecule has 0 bridgehead atoms. The lowest BCUT2D eigenvalue weighted by molar-refractivity contribution is 0.631. The van der Waals surface area contributed by atoms with Crippen LogP contribution in [0.4, 0.5) is 5.69 Å². The Bertz CT molecular complexity index is 1480. The second-order valence-corrected chi connectivity index (χ2v) is 9.72. The third-order valence-corrected chi connectivity index (χ3v) is 6.74. The van der Waals surface area contributed by atoms with E-state index in [1.54, 1.807) is 0 Å². The summed E-state index contributed by atoms with van der Waals surface area (Å²) in [6.45, 7) is 0. The predicted molar refractivity (Wildman–Crippen MR) is 149 cm³/mol. The van der Waals surface area contributed by atoms with Crippen LogP contribution in [0.25, 0.3) is 45.6 Å². The Labute approximate surface area is 213 Å². The largest absolute Gasteiger partial charge is 0.456 e. The normalized spacial score (nSPS) is 11.4. The van der Waals surface area contributed by atoms with Crippen LogP contribution in [-0.2, 0) is 0 Å². The maximum Gasteiger partial charge on any atom is 0.136 e. The fourth-order valence-electron chi connectivity index (χ4n) is 3.90. The molecule has 1 heterocycles. The van der Waals surface area contributed by atoms with E-state index < -0.39 is 0 Å². The zero-order chi connectivity index (χ0) is 23.7. The Balaban J connectivity index is 1.39. The van der Waals surface area contributed by atoms with Crippen LogP contribution < -0.4 is 4.90 Å². The van der Waals surface area contributed by atoms with Crippen molar-refractivity contribution >= 4 is 56.3 Å². The summed E-state index contributed by atoms with van der Waals surface area (Å²) in [4.78, 5) is 2.10. The Hall–Kier alpha value is -3.27. The molecule has 4 aromatic carbocycles. The van der Waals surface area contributed by atoms with E-state index in [-0.39, 0.29) is 0 Å². The standard InChI is InChI=1S/C30H23BrClNO/c1-33(2)26-14-5-20(6-15-26)3-4-21-7-16-27(28(31)17-21)30-19-24-9-8-23(18-29(24)34-30)22-10-12-25(32)13-11-22/h3-19H,1-2H3. The molecule has 0 saturated carbocycles. The van der Waals surface area contributed by atoms with Crippen molar-refractivity contribution in [2.75, 3.05) is 19.0 Å². The van der Waals surface area contributed by atoms with Gasteiger partial charge in [-0.25, -0.2) is 0 Å². The van der Waals surface area contributed by atoms with Crippen LogP contribution in [0.3, 0.4) is 0 Å². The van der Waals surface area contributed by atoms with E-state index in [1.807, 2.05) is 38.4 Å². The lowest BCUT2D eigenvalue weighted by Crippen LogP contribution is -2.07. The lowest BCUT2D eigenvalue weighted by atomic mass is 10.0. The first kappa shape index (κ1) is 22.5. The van der Waals surface area contributed by atoms with Crippen molar-refractivity contribution in [3.63, 3.8) is 0 Å². The van der Waals surface area contributed by atoms with Gasteiger partial charge in [0.15, 0.2) is 0 Å². The minimum absolute atomic E-state index is 0.732. The third kappa shape index (κ3) is 4.82. The van der Waals surface area contributed by atoms with Gasteiger partial charge in [-0.1, -0.05) is 82.1 Å². The fraction of sp³-hybridized carbons (Fsp3) is 0.0667.